The van der Waals surface area contributed by atoms with E-state index in [9.17, 15) is 13.2 Å². The first kappa shape index (κ1) is 15.0. The molecule has 0 N–H and O–H groups in total. The van der Waals surface area contributed by atoms with Gasteiger partial charge in [0, 0.05) is 33.1 Å². The summed E-state index contributed by atoms with van der Waals surface area (Å²) in [5.41, 5.74) is 1.81. The Morgan fingerprint density at radius 1 is 1.10 bits per heavy atom. The van der Waals surface area contributed by atoms with Crippen molar-refractivity contribution in [3.63, 3.8) is 0 Å². The van der Waals surface area contributed by atoms with Gasteiger partial charge in [-0.3, -0.25) is 4.79 Å². The first-order chi connectivity index (χ1) is 9.32. The van der Waals surface area contributed by atoms with Crippen molar-refractivity contribution < 1.29 is 13.2 Å². The van der Waals surface area contributed by atoms with Crippen molar-refractivity contribution in [2.45, 2.75) is 25.7 Å². The molecule has 0 bridgehead atoms. The molecule has 1 aliphatic rings. The van der Waals surface area contributed by atoms with Gasteiger partial charge in [-0.15, -0.1) is 0 Å². The van der Waals surface area contributed by atoms with Crippen LogP contribution in [0.2, 0.25) is 0 Å². The van der Waals surface area contributed by atoms with Gasteiger partial charge in [0.15, 0.2) is 0 Å². The molecule has 0 saturated carbocycles. The first-order valence-electron chi connectivity index (χ1n) is 6.65. The number of sulfonamides is 1. The Labute approximate surface area is 120 Å². The van der Waals surface area contributed by atoms with Crippen molar-refractivity contribution in [1.82, 2.24) is 9.21 Å². The Balaban J connectivity index is 2.22. The van der Waals surface area contributed by atoms with E-state index in [0.717, 1.165) is 11.1 Å². The molecule has 1 amide bonds. The predicted octanol–water partition coefficient (Wildman–Crippen LogP) is 1.16. The summed E-state index contributed by atoms with van der Waals surface area (Å²) in [5.74, 6) is -0.00596. The summed E-state index contributed by atoms with van der Waals surface area (Å²) >= 11 is 0. The summed E-state index contributed by atoms with van der Waals surface area (Å²) in [5, 5.41) is 0. The van der Waals surface area contributed by atoms with E-state index < -0.39 is 10.0 Å². The lowest BCUT2D eigenvalue weighted by Gasteiger charge is -2.33. The molecule has 0 spiro atoms. The lowest BCUT2D eigenvalue weighted by molar-refractivity contribution is -0.129. The Kier molecular flexibility index (Phi) is 4.15. The van der Waals surface area contributed by atoms with Gasteiger partial charge in [-0.2, -0.15) is 4.31 Å². The van der Waals surface area contributed by atoms with Crippen LogP contribution in [0.25, 0.3) is 0 Å². The summed E-state index contributed by atoms with van der Waals surface area (Å²) in [7, 11) is -3.46. The standard InChI is InChI=1S/C14H20N2O3S/c1-11-4-5-14(12(2)10-11)20(18,19)16-8-6-15(7-9-16)13(3)17/h4-5,10H,6-9H2,1-3H3. The predicted molar refractivity (Wildman–Crippen MR) is 76.9 cm³/mol. The maximum Gasteiger partial charge on any atom is 0.243 e. The molecule has 5 nitrogen and oxygen atoms in total. The van der Waals surface area contributed by atoms with Gasteiger partial charge in [0.05, 0.1) is 4.90 Å². The second-order valence-corrected chi connectivity index (χ2v) is 7.09. The second-order valence-electron chi connectivity index (χ2n) is 5.18. The molecule has 0 aliphatic carbocycles. The van der Waals surface area contributed by atoms with Crippen molar-refractivity contribution in [2.75, 3.05) is 26.2 Å². The minimum Gasteiger partial charge on any atom is -0.340 e. The van der Waals surface area contributed by atoms with Crippen molar-refractivity contribution in [1.29, 1.82) is 0 Å². The number of piperazine rings is 1. The average molecular weight is 296 g/mol. The molecule has 1 aromatic carbocycles. The van der Waals surface area contributed by atoms with E-state index in [1.165, 1.54) is 11.2 Å². The fourth-order valence-corrected chi connectivity index (χ4v) is 4.10. The highest BCUT2D eigenvalue weighted by molar-refractivity contribution is 7.89. The van der Waals surface area contributed by atoms with Gasteiger partial charge in [-0.25, -0.2) is 8.42 Å². The highest BCUT2D eigenvalue weighted by atomic mass is 32.2. The summed E-state index contributed by atoms with van der Waals surface area (Å²) < 4.78 is 26.7. The van der Waals surface area contributed by atoms with Gasteiger partial charge in [0.2, 0.25) is 15.9 Å². The van der Waals surface area contributed by atoms with Crippen LogP contribution in [0.1, 0.15) is 18.1 Å². The van der Waals surface area contributed by atoms with E-state index >= 15 is 0 Å². The zero-order valence-corrected chi connectivity index (χ0v) is 12.9. The van der Waals surface area contributed by atoms with E-state index in [4.69, 9.17) is 0 Å². The number of aryl methyl sites for hydroxylation is 2. The summed E-state index contributed by atoms with van der Waals surface area (Å²) in [4.78, 5) is 13.3. The lowest BCUT2D eigenvalue weighted by atomic mass is 10.2. The molecule has 1 aliphatic heterocycles. The van der Waals surface area contributed by atoms with Crippen LogP contribution in [0.5, 0.6) is 0 Å². The number of amides is 1. The van der Waals surface area contributed by atoms with Crippen molar-refractivity contribution >= 4 is 15.9 Å². The number of hydrogen-bond acceptors (Lipinski definition) is 3. The Morgan fingerprint density at radius 2 is 1.70 bits per heavy atom. The van der Waals surface area contributed by atoms with Gasteiger partial charge in [0.25, 0.3) is 0 Å². The highest BCUT2D eigenvalue weighted by Gasteiger charge is 2.30. The summed E-state index contributed by atoms with van der Waals surface area (Å²) in [6.07, 6.45) is 0. The maximum absolute atomic E-state index is 12.6. The number of benzene rings is 1. The molecule has 1 saturated heterocycles. The molecule has 1 heterocycles. The molecule has 20 heavy (non-hydrogen) atoms. The SMILES string of the molecule is CC(=O)N1CCN(S(=O)(=O)c2ccc(C)cc2C)CC1. The van der Waals surface area contributed by atoms with Gasteiger partial charge < -0.3 is 4.90 Å². The van der Waals surface area contributed by atoms with Gasteiger partial charge in [0.1, 0.15) is 0 Å². The highest BCUT2D eigenvalue weighted by Crippen LogP contribution is 2.22. The van der Waals surface area contributed by atoms with Gasteiger partial charge >= 0.3 is 0 Å². The quantitative estimate of drug-likeness (QED) is 0.823. The van der Waals surface area contributed by atoms with Crippen LogP contribution in [-0.2, 0) is 14.8 Å². The van der Waals surface area contributed by atoms with Crippen LogP contribution in [0.15, 0.2) is 23.1 Å². The monoisotopic (exact) mass is 296 g/mol. The first-order valence-corrected chi connectivity index (χ1v) is 8.09. The number of nitrogens with zero attached hydrogens (tertiary/aromatic N) is 2. The Hall–Kier alpha value is -1.40. The summed E-state index contributed by atoms with van der Waals surface area (Å²) in [6.45, 7) is 6.89. The minimum atomic E-state index is -3.46. The topological polar surface area (TPSA) is 57.7 Å². The molecule has 0 atom stereocenters. The van der Waals surface area contributed by atoms with Gasteiger partial charge in [-0.1, -0.05) is 17.7 Å². The largest absolute Gasteiger partial charge is 0.340 e. The fourth-order valence-electron chi connectivity index (χ4n) is 2.47. The Morgan fingerprint density at radius 3 is 2.20 bits per heavy atom. The molecule has 0 unspecified atom stereocenters. The van der Waals surface area contributed by atoms with Crippen LogP contribution >= 0.6 is 0 Å². The lowest BCUT2D eigenvalue weighted by Crippen LogP contribution is -2.50. The normalized spacial score (nSPS) is 17.2. The third-order valence-electron chi connectivity index (χ3n) is 3.63. The zero-order chi connectivity index (χ0) is 14.9. The van der Waals surface area contributed by atoms with Crippen LogP contribution in [0.4, 0.5) is 0 Å². The molecular formula is C14H20N2O3S. The van der Waals surface area contributed by atoms with Crippen LogP contribution in [-0.4, -0.2) is 49.7 Å². The summed E-state index contributed by atoms with van der Waals surface area (Å²) in [6, 6.07) is 5.35. The third-order valence-corrected chi connectivity index (χ3v) is 5.69. The molecule has 0 aromatic heterocycles. The molecular weight excluding hydrogens is 276 g/mol. The smallest absolute Gasteiger partial charge is 0.243 e. The van der Waals surface area contributed by atoms with E-state index in [-0.39, 0.29) is 5.91 Å². The maximum atomic E-state index is 12.6. The number of rotatable bonds is 2. The van der Waals surface area contributed by atoms with Crippen molar-refractivity contribution in [3.05, 3.63) is 29.3 Å². The zero-order valence-electron chi connectivity index (χ0n) is 12.1. The van der Waals surface area contributed by atoms with E-state index in [2.05, 4.69) is 0 Å². The van der Waals surface area contributed by atoms with E-state index in [1.807, 2.05) is 26.0 Å². The van der Waals surface area contributed by atoms with E-state index in [1.54, 1.807) is 11.0 Å². The van der Waals surface area contributed by atoms with Crippen LogP contribution in [0, 0.1) is 13.8 Å². The van der Waals surface area contributed by atoms with E-state index in [0.29, 0.717) is 31.1 Å². The van der Waals surface area contributed by atoms with Gasteiger partial charge in [-0.05, 0) is 25.5 Å². The van der Waals surface area contributed by atoms with Crippen molar-refractivity contribution in [3.8, 4) is 0 Å². The molecule has 2 rings (SSSR count). The average Bonchev–Trinajstić information content (AvgIpc) is 2.38. The second kappa shape index (κ2) is 5.54. The van der Waals surface area contributed by atoms with Crippen molar-refractivity contribution in [2.24, 2.45) is 0 Å². The number of hydrogen-bond donors (Lipinski definition) is 0. The molecule has 6 heteroatoms. The minimum absolute atomic E-state index is 0.00596. The molecule has 1 aromatic rings. The third kappa shape index (κ3) is 2.86. The Bertz CT molecular complexity index is 617. The fraction of sp³-hybridized carbons (Fsp3) is 0.500. The van der Waals surface area contributed by atoms with Crippen LogP contribution < -0.4 is 0 Å². The molecule has 1 fully saturated rings. The number of carbonyl (C=O) groups is 1. The molecule has 110 valence electrons. The van der Waals surface area contributed by atoms with Crippen LogP contribution in [0.3, 0.4) is 0 Å². The number of carbonyl (C=O) groups excluding carboxylic acids is 1. The molecule has 0 radical (unpaired) electrons.